The molecule has 1 atom stereocenters. The zero-order valence-corrected chi connectivity index (χ0v) is 13.4. The highest BCUT2D eigenvalue weighted by Gasteiger charge is 2.26. The van der Waals surface area contributed by atoms with Crippen molar-refractivity contribution >= 4 is 17.5 Å². The summed E-state index contributed by atoms with van der Waals surface area (Å²) < 4.78 is 0. The number of nitrogens with one attached hydrogen (secondary N) is 1. The molecule has 1 aromatic rings. The van der Waals surface area contributed by atoms with E-state index in [1.807, 2.05) is 12.1 Å². The Bertz CT molecular complexity index is 452. The number of hydrogen-bond acceptors (Lipinski definition) is 2. The van der Waals surface area contributed by atoms with Crippen molar-refractivity contribution in [2.24, 2.45) is 11.7 Å². The lowest BCUT2D eigenvalue weighted by atomic mass is 9.85. The zero-order valence-electron chi connectivity index (χ0n) is 12.6. The third-order valence-electron chi connectivity index (χ3n) is 4.42. The van der Waals surface area contributed by atoms with Crippen molar-refractivity contribution in [3.63, 3.8) is 0 Å². The third-order valence-corrected chi connectivity index (χ3v) is 4.67. The highest BCUT2D eigenvalue weighted by atomic mass is 35.5. The molecule has 3 nitrogen and oxygen atoms in total. The molecule has 1 unspecified atom stereocenters. The van der Waals surface area contributed by atoms with Gasteiger partial charge in [0.25, 0.3) is 0 Å². The summed E-state index contributed by atoms with van der Waals surface area (Å²) >= 11 is 5.97. The number of carbonyl (C=O) groups is 1. The average Bonchev–Trinajstić information content (AvgIpc) is 2.48. The van der Waals surface area contributed by atoms with Crippen LogP contribution in [0.25, 0.3) is 0 Å². The second kappa shape index (κ2) is 7.81. The molecule has 0 radical (unpaired) electrons. The van der Waals surface area contributed by atoms with Crippen LogP contribution in [-0.2, 0) is 4.79 Å². The zero-order chi connectivity index (χ0) is 15.2. The Balaban J connectivity index is 1.94. The van der Waals surface area contributed by atoms with Gasteiger partial charge in [0.15, 0.2) is 0 Å². The van der Waals surface area contributed by atoms with Gasteiger partial charge in [0.05, 0.1) is 0 Å². The number of primary amides is 1. The Morgan fingerprint density at radius 3 is 2.43 bits per heavy atom. The average molecular weight is 309 g/mol. The molecule has 1 aliphatic rings. The van der Waals surface area contributed by atoms with Gasteiger partial charge in [-0.15, -0.1) is 0 Å². The standard InChI is InChI=1S/C17H25ClN2O/c1-2-3-16(12-4-8-14(18)9-5-12)20-15-10-6-13(7-11-15)17(19)21/h4-5,8-9,13,15-16,20H,2-3,6-7,10-11H2,1H3,(H2,19,21). The van der Waals surface area contributed by atoms with E-state index in [-0.39, 0.29) is 11.8 Å². The Hall–Kier alpha value is -1.06. The molecule has 1 amide bonds. The van der Waals surface area contributed by atoms with Crippen LogP contribution in [0.1, 0.15) is 57.1 Å². The molecule has 0 heterocycles. The molecule has 1 aromatic carbocycles. The quantitative estimate of drug-likeness (QED) is 0.839. The summed E-state index contributed by atoms with van der Waals surface area (Å²) in [5, 5.41) is 4.53. The van der Waals surface area contributed by atoms with Crippen LogP contribution in [0.4, 0.5) is 0 Å². The van der Waals surface area contributed by atoms with E-state index in [9.17, 15) is 4.79 Å². The fraction of sp³-hybridized carbons (Fsp3) is 0.588. The topological polar surface area (TPSA) is 55.1 Å². The first-order valence-corrected chi connectivity index (χ1v) is 8.28. The van der Waals surface area contributed by atoms with E-state index in [0.717, 1.165) is 43.5 Å². The van der Waals surface area contributed by atoms with Crippen molar-refractivity contribution in [1.82, 2.24) is 5.32 Å². The molecular formula is C17H25ClN2O. The van der Waals surface area contributed by atoms with E-state index >= 15 is 0 Å². The van der Waals surface area contributed by atoms with Gasteiger partial charge in [-0.3, -0.25) is 4.79 Å². The van der Waals surface area contributed by atoms with E-state index in [0.29, 0.717) is 12.1 Å². The van der Waals surface area contributed by atoms with Crippen LogP contribution in [0.5, 0.6) is 0 Å². The number of rotatable bonds is 6. The van der Waals surface area contributed by atoms with Crippen molar-refractivity contribution in [3.05, 3.63) is 34.9 Å². The summed E-state index contributed by atoms with van der Waals surface area (Å²) in [5.41, 5.74) is 6.69. The summed E-state index contributed by atoms with van der Waals surface area (Å²) in [6.45, 7) is 2.20. The lowest BCUT2D eigenvalue weighted by Gasteiger charge is -2.31. The fourth-order valence-electron chi connectivity index (χ4n) is 3.16. The van der Waals surface area contributed by atoms with Gasteiger partial charge in [-0.2, -0.15) is 0 Å². The summed E-state index contributed by atoms with van der Waals surface area (Å²) in [6, 6.07) is 8.95. The maximum absolute atomic E-state index is 11.2. The van der Waals surface area contributed by atoms with E-state index in [4.69, 9.17) is 17.3 Å². The number of carbonyl (C=O) groups excluding carboxylic acids is 1. The molecule has 0 saturated heterocycles. The Kier molecular flexibility index (Phi) is 6.07. The second-order valence-electron chi connectivity index (χ2n) is 6.01. The highest BCUT2D eigenvalue weighted by Crippen LogP contribution is 2.28. The van der Waals surface area contributed by atoms with E-state index in [1.165, 1.54) is 5.56 Å². The van der Waals surface area contributed by atoms with Gasteiger partial charge in [-0.1, -0.05) is 37.1 Å². The maximum atomic E-state index is 11.2. The van der Waals surface area contributed by atoms with Crippen molar-refractivity contribution in [2.75, 3.05) is 0 Å². The predicted molar refractivity (Wildman–Crippen MR) is 87.2 cm³/mol. The Labute approximate surface area is 132 Å². The summed E-state index contributed by atoms with van der Waals surface area (Å²) in [5.74, 6) is -0.0699. The fourth-order valence-corrected chi connectivity index (χ4v) is 3.29. The number of amides is 1. The van der Waals surface area contributed by atoms with Gasteiger partial charge >= 0.3 is 0 Å². The van der Waals surface area contributed by atoms with Gasteiger partial charge in [-0.05, 0) is 49.8 Å². The monoisotopic (exact) mass is 308 g/mol. The molecule has 2 rings (SSSR count). The predicted octanol–water partition coefficient (Wildman–Crippen LogP) is 3.81. The summed E-state index contributed by atoms with van der Waals surface area (Å²) in [4.78, 5) is 11.2. The number of halogens is 1. The van der Waals surface area contributed by atoms with Gasteiger partial charge in [-0.25, -0.2) is 0 Å². The lowest BCUT2D eigenvalue weighted by Crippen LogP contribution is -2.38. The van der Waals surface area contributed by atoms with Gasteiger partial charge in [0, 0.05) is 23.0 Å². The lowest BCUT2D eigenvalue weighted by molar-refractivity contribution is -0.122. The number of nitrogens with two attached hydrogens (primary N) is 1. The minimum Gasteiger partial charge on any atom is -0.369 e. The molecule has 0 spiro atoms. The smallest absolute Gasteiger partial charge is 0.220 e. The normalized spacial score (nSPS) is 23.7. The van der Waals surface area contributed by atoms with Crippen LogP contribution in [0.15, 0.2) is 24.3 Å². The van der Waals surface area contributed by atoms with Gasteiger partial charge in [0.2, 0.25) is 5.91 Å². The molecule has 0 aromatic heterocycles. The van der Waals surface area contributed by atoms with E-state index in [2.05, 4.69) is 24.4 Å². The van der Waals surface area contributed by atoms with Crippen LogP contribution < -0.4 is 11.1 Å². The summed E-state index contributed by atoms with van der Waals surface area (Å²) in [6.07, 6.45) is 6.12. The Morgan fingerprint density at radius 2 is 1.90 bits per heavy atom. The minimum atomic E-state index is -0.142. The van der Waals surface area contributed by atoms with Gasteiger partial charge < -0.3 is 11.1 Å². The molecule has 1 saturated carbocycles. The van der Waals surface area contributed by atoms with Crippen LogP contribution in [-0.4, -0.2) is 11.9 Å². The van der Waals surface area contributed by atoms with Gasteiger partial charge in [0.1, 0.15) is 0 Å². The molecule has 0 bridgehead atoms. The molecule has 21 heavy (non-hydrogen) atoms. The molecule has 1 aliphatic carbocycles. The molecule has 116 valence electrons. The molecule has 1 fully saturated rings. The van der Waals surface area contributed by atoms with Crippen LogP contribution in [0.2, 0.25) is 5.02 Å². The summed E-state index contributed by atoms with van der Waals surface area (Å²) in [7, 11) is 0. The first-order valence-electron chi connectivity index (χ1n) is 7.91. The molecule has 3 N–H and O–H groups in total. The van der Waals surface area contributed by atoms with Crippen molar-refractivity contribution in [1.29, 1.82) is 0 Å². The Morgan fingerprint density at radius 1 is 1.29 bits per heavy atom. The third kappa shape index (κ3) is 4.72. The van der Waals surface area contributed by atoms with Crippen molar-refractivity contribution in [3.8, 4) is 0 Å². The first-order chi connectivity index (χ1) is 10.1. The van der Waals surface area contributed by atoms with Crippen molar-refractivity contribution in [2.45, 2.75) is 57.5 Å². The van der Waals surface area contributed by atoms with Crippen molar-refractivity contribution < 1.29 is 4.79 Å². The molecule has 0 aliphatic heterocycles. The van der Waals surface area contributed by atoms with Crippen LogP contribution >= 0.6 is 11.6 Å². The number of benzene rings is 1. The van der Waals surface area contributed by atoms with E-state index < -0.39 is 0 Å². The van der Waals surface area contributed by atoms with Crippen LogP contribution in [0.3, 0.4) is 0 Å². The van der Waals surface area contributed by atoms with E-state index in [1.54, 1.807) is 0 Å². The maximum Gasteiger partial charge on any atom is 0.220 e. The van der Waals surface area contributed by atoms with Crippen LogP contribution in [0, 0.1) is 5.92 Å². The highest BCUT2D eigenvalue weighted by molar-refractivity contribution is 6.30. The second-order valence-corrected chi connectivity index (χ2v) is 6.45. The first kappa shape index (κ1) is 16.3. The SMILES string of the molecule is CCCC(NC1CCC(C(N)=O)CC1)c1ccc(Cl)cc1. The number of hydrogen-bond donors (Lipinski definition) is 2. The minimum absolute atomic E-state index is 0.0724. The molecule has 4 heteroatoms. The largest absolute Gasteiger partial charge is 0.369 e. The molecular weight excluding hydrogens is 284 g/mol.